The maximum absolute atomic E-state index is 4.53. The van der Waals surface area contributed by atoms with Crippen molar-refractivity contribution in [3.8, 4) is 0 Å². The van der Waals surface area contributed by atoms with Crippen molar-refractivity contribution in [2.75, 3.05) is 0 Å². The first kappa shape index (κ1) is 9.97. The molecule has 78 valence electrons. The first-order valence-corrected chi connectivity index (χ1v) is 5.23. The Hall–Kier alpha value is -1.57. The van der Waals surface area contributed by atoms with Gasteiger partial charge in [-0.25, -0.2) is 4.98 Å². The van der Waals surface area contributed by atoms with Crippen LogP contribution in [0, 0.1) is 0 Å². The van der Waals surface area contributed by atoms with Gasteiger partial charge in [0, 0.05) is 5.92 Å². The number of nitrogens with one attached hydrogen (secondary N) is 1. The predicted octanol–water partition coefficient (Wildman–Crippen LogP) is 3.72. The molecule has 2 aromatic rings. The maximum Gasteiger partial charge on any atom is 0.109 e. The van der Waals surface area contributed by atoms with E-state index in [1.54, 1.807) is 0 Å². The number of nitrogens with zero attached hydrogens (tertiary/aromatic N) is 1. The van der Waals surface area contributed by atoms with E-state index in [2.05, 4.69) is 42.5 Å². The summed E-state index contributed by atoms with van der Waals surface area (Å²) in [5, 5.41) is 0. The van der Waals surface area contributed by atoms with Gasteiger partial charge in [-0.2, -0.15) is 0 Å². The van der Waals surface area contributed by atoms with Crippen molar-refractivity contribution < 1.29 is 0 Å². The van der Waals surface area contributed by atoms with Gasteiger partial charge in [0.05, 0.1) is 11.0 Å². The number of benzene rings is 1. The first-order chi connectivity index (χ1) is 7.08. The van der Waals surface area contributed by atoms with E-state index < -0.39 is 0 Å². The number of hydrogen-bond donors (Lipinski definition) is 1. The highest BCUT2D eigenvalue weighted by molar-refractivity contribution is 5.80. The van der Waals surface area contributed by atoms with Crippen LogP contribution in [-0.2, 0) is 0 Å². The summed E-state index contributed by atoms with van der Waals surface area (Å²) < 4.78 is 0. The van der Waals surface area contributed by atoms with Crippen LogP contribution in [0.15, 0.2) is 24.8 Å². The van der Waals surface area contributed by atoms with E-state index >= 15 is 0 Å². The molecule has 0 aliphatic heterocycles. The van der Waals surface area contributed by atoms with Crippen molar-refractivity contribution in [1.29, 1.82) is 0 Å². The quantitative estimate of drug-likeness (QED) is 0.786. The molecule has 0 amide bonds. The average Bonchev–Trinajstić information content (AvgIpc) is 2.59. The molecule has 0 spiro atoms. The Bertz CT molecular complexity index is 506. The van der Waals surface area contributed by atoms with Gasteiger partial charge in [-0.3, -0.25) is 0 Å². The molecule has 0 aliphatic rings. The molecule has 1 aromatic heterocycles. The predicted molar refractivity (Wildman–Crippen MR) is 64.9 cm³/mol. The number of rotatable bonds is 2. The Kier molecular flexibility index (Phi) is 2.35. The normalized spacial score (nSPS) is 11.2. The van der Waals surface area contributed by atoms with E-state index in [1.165, 1.54) is 5.56 Å². The van der Waals surface area contributed by atoms with Gasteiger partial charge in [-0.1, -0.05) is 32.1 Å². The number of hydrogen-bond acceptors (Lipinski definition) is 1. The third-order valence-corrected chi connectivity index (χ3v) is 2.54. The summed E-state index contributed by atoms with van der Waals surface area (Å²) >= 11 is 0. The van der Waals surface area contributed by atoms with Gasteiger partial charge in [0.15, 0.2) is 0 Å². The lowest BCUT2D eigenvalue weighted by atomic mass is 10.1. The third-order valence-electron chi connectivity index (χ3n) is 2.54. The molecule has 0 unspecified atom stereocenters. The van der Waals surface area contributed by atoms with E-state index in [0.29, 0.717) is 5.92 Å². The fraction of sp³-hybridized carbons (Fsp3) is 0.308. The van der Waals surface area contributed by atoms with Crippen molar-refractivity contribution in [3.05, 3.63) is 36.2 Å². The Labute approximate surface area is 90.0 Å². The lowest BCUT2D eigenvalue weighted by Crippen LogP contribution is -1.88. The minimum absolute atomic E-state index is 0.436. The van der Waals surface area contributed by atoms with Gasteiger partial charge >= 0.3 is 0 Å². The summed E-state index contributed by atoms with van der Waals surface area (Å²) in [6.45, 7) is 10.2. The van der Waals surface area contributed by atoms with E-state index in [1.807, 2.05) is 13.0 Å². The Balaban J connectivity index is 2.57. The minimum atomic E-state index is 0.436. The number of aromatic nitrogens is 2. The van der Waals surface area contributed by atoms with Gasteiger partial charge < -0.3 is 4.98 Å². The number of allylic oxidation sites excluding steroid dienone is 1. The Morgan fingerprint density at radius 2 is 2.13 bits per heavy atom. The van der Waals surface area contributed by atoms with Crippen molar-refractivity contribution in [2.24, 2.45) is 0 Å². The highest BCUT2D eigenvalue weighted by Crippen LogP contribution is 2.20. The Morgan fingerprint density at radius 1 is 1.40 bits per heavy atom. The molecule has 0 saturated heterocycles. The van der Waals surface area contributed by atoms with Crippen molar-refractivity contribution >= 4 is 16.6 Å². The van der Waals surface area contributed by atoms with Crippen LogP contribution in [0.3, 0.4) is 0 Å². The SMILES string of the molecule is C=C(C)c1ccc2nc(C(C)C)[nH]c2c1. The molecule has 1 heterocycles. The van der Waals surface area contributed by atoms with Gasteiger partial charge in [0.1, 0.15) is 5.82 Å². The van der Waals surface area contributed by atoms with Crippen molar-refractivity contribution in [1.82, 2.24) is 9.97 Å². The van der Waals surface area contributed by atoms with Crippen LogP contribution in [-0.4, -0.2) is 9.97 Å². The summed E-state index contributed by atoms with van der Waals surface area (Å²) in [4.78, 5) is 7.87. The molecule has 0 bridgehead atoms. The van der Waals surface area contributed by atoms with E-state index in [4.69, 9.17) is 0 Å². The monoisotopic (exact) mass is 200 g/mol. The molecule has 2 heteroatoms. The van der Waals surface area contributed by atoms with Crippen LogP contribution in [0.25, 0.3) is 16.6 Å². The van der Waals surface area contributed by atoms with Gasteiger partial charge in [0.2, 0.25) is 0 Å². The van der Waals surface area contributed by atoms with Gasteiger partial charge in [0.25, 0.3) is 0 Å². The zero-order valence-corrected chi connectivity index (χ0v) is 9.46. The summed E-state index contributed by atoms with van der Waals surface area (Å²) in [6.07, 6.45) is 0. The van der Waals surface area contributed by atoms with Gasteiger partial charge in [-0.05, 0) is 24.6 Å². The van der Waals surface area contributed by atoms with Crippen LogP contribution in [0.5, 0.6) is 0 Å². The largest absolute Gasteiger partial charge is 0.342 e. The molecule has 2 nitrogen and oxygen atoms in total. The number of imidazole rings is 1. The van der Waals surface area contributed by atoms with E-state index in [-0.39, 0.29) is 0 Å². The second-order valence-electron chi connectivity index (χ2n) is 4.29. The zero-order chi connectivity index (χ0) is 11.0. The van der Waals surface area contributed by atoms with Crippen LogP contribution in [0.1, 0.15) is 38.1 Å². The number of fused-ring (bicyclic) bond motifs is 1. The molecule has 15 heavy (non-hydrogen) atoms. The smallest absolute Gasteiger partial charge is 0.109 e. The molecule has 0 saturated carbocycles. The third kappa shape index (κ3) is 1.80. The second kappa shape index (κ2) is 3.54. The molecular weight excluding hydrogens is 184 g/mol. The summed E-state index contributed by atoms with van der Waals surface area (Å²) in [5.41, 5.74) is 4.38. The molecule has 0 radical (unpaired) electrons. The van der Waals surface area contributed by atoms with Crippen LogP contribution < -0.4 is 0 Å². The highest BCUT2D eigenvalue weighted by Gasteiger charge is 2.06. The van der Waals surface area contributed by atoms with E-state index in [0.717, 1.165) is 22.4 Å². The fourth-order valence-electron chi connectivity index (χ4n) is 1.57. The van der Waals surface area contributed by atoms with Crippen molar-refractivity contribution in [2.45, 2.75) is 26.7 Å². The fourth-order valence-corrected chi connectivity index (χ4v) is 1.57. The zero-order valence-electron chi connectivity index (χ0n) is 9.46. The molecule has 0 fully saturated rings. The molecule has 1 aromatic carbocycles. The summed E-state index contributed by atoms with van der Waals surface area (Å²) in [7, 11) is 0. The first-order valence-electron chi connectivity index (χ1n) is 5.23. The summed E-state index contributed by atoms with van der Waals surface area (Å²) in [6, 6.07) is 6.22. The number of H-pyrrole nitrogens is 1. The molecular formula is C13H16N2. The Morgan fingerprint density at radius 3 is 2.73 bits per heavy atom. The van der Waals surface area contributed by atoms with Gasteiger partial charge in [-0.15, -0.1) is 0 Å². The van der Waals surface area contributed by atoms with E-state index in [9.17, 15) is 0 Å². The minimum Gasteiger partial charge on any atom is -0.342 e. The van der Waals surface area contributed by atoms with Crippen molar-refractivity contribution in [3.63, 3.8) is 0 Å². The maximum atomic E-state index is 4.53. The van der Waals surface area contributed by atoms with Crippen LogP contribution >= 0.6 is 0 Å². The topological polar surface area (TPSA) is 28.7 Å². The molecule has 2 rings (SSSR count). The summed E-state index contributed by atoms with van der Waals surface area (Å²) in [5.74, 6) is 1.48. The lowest BCUT2D eigenvalue weighted by molar-refractivity contribution is 0.799. The highest BCUT2D eigenvalue weighted by atomic mass is 14.9. The lowest BCUT2D eigenvalue weighted by Gasteiger charge is -1.98. The second-order valence-corrected chi connectivity index (χ2v) is 4.29. The standard InChI is InChI=1S/C13H16N2/c1-8(2)10-5-6-11-12(7-10)15-13(14-11)9(3)4/h5-7,9H,1H2,2-4H3,(H,14,15). The van der Waals surface area contributed by atoms with Crippen LogP contribution in [0.2, 0.25) is 0 Å². The number of aromatic amines is 1. The molecule has 0 aliphatic carbocycles. The molecule has 0 atom stereocenters. The van der Waals surface area contributed by atoms with Crippen LogP contribution in [0.4, 0.5) is 0 Å². The molecule has 1 N–H and O–H groups in total. The average molecular weight is 200 g/mol.